The van der Waals surface area contributed by atoms with Crippen molar-refractivity contribution in [1.82, 2.24) is 0 Å². The van der Waals surface area contributed by atoms with E-state index in [0.29, 0.717) is 23.1 Å². The first kappa shape index (κ1) is 28.7. The Morgan fingerprint density at radius 3 is 2.42 bits per heavy atom. The molecule has 3 N–H and O–H groups in total. The Kier molecular flexibility index (Phi) is 6.90. The maximum atomic E-state index is 13.3. The van der Waals surface area contributed by atoms with Crippen molar-refractivity contribution in [2.45, 2.75) is 91.1 Å². The van der Waals surface area contributed by atoms with E-state index in [1.54, 1.807) is 52.8 Å². The third-order valence-electron chi connectivity index (χ3n) is 10.2. The predicted molar refractivity (Wildman–Crippen MR) is 139 cm³/mol. The van der Waals surface area contributed by atoms with E-state index < -0.39 is 76.3 Å². The second kappa shape index (κ2) is 9.14. The van der Waals surface area contributed by atoms with Crippen LogP contribution in [0.25, 0.3) is 0 Å². The van der Waals surface area contributed by atoms with Crippen LogP contribution in [0, 0.1) is 35.0 Å². The van der Waals surface area contributed by atoms with E-state index in [0.717, 1.165) is 0 Å². The first-order chi connectivity index (χ1) is 17.6. The minimum atomic E-state index is -1.95. The molecule has 0 heterocycles. The number of ketones is 1. The predicted octanol–water partition coefficient (Wildman–Crippen LogP) is 3.04. The third-order valence-corrected chi connectivity index (χ3v) is 10.2. The molecular formula is C30H42O8. The number of hydrogen-bond donors (Lipinski definition) is 3. The topological polar surface area (TPSA) is 130 Å². The summed E-state index contributed by atoms with van der Waals surface area (Å²) in [6.45, 7) is 13.8. The lowest BCUT2D eigenvalue weighted by Gasteiger charge is -2.53. The Balaban J connectivity index is 1.95. The number of allylic oxidation sites excluding steroid dienone is 1. The molecule has 8 nitrogen and oxygen atoms in total. The summed E-state index contributed by atoms with van der Waals surface area (Å²) >= 11 is 0. The Bertz CT molecular complexity index is 1150. The highest BCUT2D eigenvalue weighted by molar-refractivity contribution is 6.04. The summed E-state index contributed by atoms with van der Waals surface area (Å²) < 4.78 is 12.4. The molecule has 2 fully saturated rings. The van der Waals surface area contributed by atoms with Crippen molar-refractivity contribution in [3.63, 3.8) is 0 Å². The van der Waals surface area contributed by atoms with Gasteiger partial charge in [-0.25, -0.2) is 4.79 Å². The van der Waals surface area contributed by atoms with Gasteiger partial charge in [-0.1, -0.05) is 52.8 Å². The van der Waals surface area contributed by atoms with Crippen LogP contribution >= 0.6 is 0 Å². The molecule has 0 radical (unpaired) electrons. The highest BCUT2D eigenvalue weighted by Crippen LogP contribution is 2.77. The molecule has 0 aromatic carbocycles. The van der Waals surface area contributed by atoms with Crippen molar-refractivity contribution >= 4 is 17.7 Å². The van der Waals surface area contributed by atoms with Crippen LogP contribution in [0.4, 0.5) is 0 Å². The number of Topliss-reactive ketones (excluding diaryl/α,β-unsaturated/α-hetero) is 1. The molecule has 0 saturated heterocycles. The van der Waals surface area contributed by atoms with Gasteiger partial charge < -0.3 is 24.8 Å². The summed E-state index contributed by atoms with van der Waals surface area (Å²) in [5.74, 6) is -4.91. The monoisotopic (exact) mass is 530 g/mol. The van der Waals surface area contributed by atoms with Crippen molar-refractivity contribution in [1.29, 1.82) is 0 Å². The SMILES string of the molecule is C/C=C(\C)C(=O)O[C@@H]1[C@@H](C)[C@@]2(O)[C@H](C=C(CO)C[C@]3(O)C(=O)C(C)=C[C@H]23)[C@H]2C(C)(C)[C@]12OC(=O)[C@H](C)CC. The average molecular weight is 531 g/mol. The van der Waals surface area contributed by atoms with Crippen LogP contribution in [0.3, 0.4) is 0 Å². The quantitative estimate of drug-likeness (QED) is 0.271. The zero-order valence-electron chi connectivity index (χ0n) is 23.7. The summed E-state index contributed by atoms with van der Waals surface area (Å²) in [6.07, 6.45) is 4.40. The van der Waals surface area contributed by atoms with Crippen molar-refractivity contribution in [3.8, 4) is 0 Å². The summed E-state index contributed by atoms with van der Waals surface area (Å²) in [5.41, 5.74) is -4.51. The minimum absolute atomic E-state index is 0.124. The van der Waals surface area contributed by atoms with Crippen LogP contribution in [0.15, 0.2) is 34.9 Å². The van der Waals surface area contributed by atoms with Gasteiger partial charge in [-0.3, -0.25) is 9.59 Å². The fraction of sp³-hybridized carbons (Fsp3) is 0.700. The largest absolute Gasteiger partial charge is 0.454 e. The number of ether oxygens (including phenoxy) is 2. The van der Waals surface area contributed by atoms with Gasteiger partial charge in [0.15, 0.2) is 11.4 Å². The first-order valence-electron chi connectivity index (χ1n) is 13.6. The molecule has 4 rings (SSSR count). The maximum Gasteiger partial charge on any atom is 0.333 e. The fourth-order valence-corrected chi connectivity index (χ4v) is 7.58. The van der Waals surface area contributed by atoms with E-state index >= 15 is 0 Å². The summed E-state index contributed by atoms with van der Waals surface area (Å²) in [5, 5.41) is 34.7. The van der Waals surface area contributed by atoms with Gasteiger partial charge in [0.25, 0.3) is 0 Å². The Morgan fingerprint density at radius 2 is 1.87 bits per heavy atom. The minimum Gasteiger partial charge on any atom is -0.454 e. The molecule has 8 heteroatoms. The lowest BCUT2D eigenvalue weighted by molar-refractivity contribution is -0.228. The standard InChI is InChI=1S/C30H42O8/c1-9-15(3)25(33)37-24-18(6)29(36)20(22-27(7,8)30(22,24)38-26(34)16(4)10-2)12-19(14-31)13-28(35)21(29)11-17(5)23(28)32/h9,11-12,16,18,20-22,24,31,35-36H,10,13-14H2,1-8H3/b15-9+/t16-,18-,20-,21+,22+,24-,28-,29-,30-/m1/s1. The highest BCUT2D eigenvalue weighted by Gasteiger charge is 2.88. The number of hydrogen-bond acceptors (Lipinski definition) is 8. The van der Waals surface area contributed by atoms with E-state index in [4.69, 9.17) is 9.47 Å². The molecule has 0 spiro atoms. The lowest BCUT2D eigenvalue weighted by atomic mass is 9.59. The second-order valence-corrected chi connectivity index (χ2v) is 12.5. The number of aliphatic hydroxyl groups is 3. The molecule has 4 aliphatic rings. The number of carbonyl (C=O) groups is 3. The van der Waals surface area contributed by atoms with Gasteiger partial charge >= 0.3 is 11.9 Å². The summed E-state index contributed by atoms with van der Waals surface area (Å²) in [4.78, 5) is 39.6. The van der Waals surface area contributed by atoms with Crippen molar-refractivity contribution in [2.24, 2.45) is 35.0 Å². The van der Waals surface area contributed by atoms with Gasteiger partial charge in [-0.15, -0.1) is 0 Å². The van der Waals surface area contributed by atoms with E-state index in [2.05, 4.69) is 0 Å². The Labute approximate surface area is 224 Å². The number of rotatable bonds is 6. The lowest BCUT2D eigenvalue weighted by Crippen LogP contribution is -2.66. The Morgan fingerprint density at radius 1 is 1.24 bits per heavy atom. The van der Waals surface area contributed by atoms with Gasteiger partial charge in [-0.05, 0) is 38.3 Å². The molecule has 0 bridgehead atoms. The average Bonchev–Trinajstić information content (AvgIpc) is 3.30. The van der Waals surface area contributed by atoms with Crippen LogP contribution in [0.1, 0.15) is 68.2 Å². The zero-order chi connectivity index (χ0) is 28.6. The van der Waals surface area contributed by atoms with Crippen molar-refractivity contribution < 1.29 is 39.2 Å². The molecule has 0 unspecified atom stereocenters. The van der Waals surface area contributed by atoms with E-state index in [-0.39, 0.29) is 12.3 Å². The summed E-state index contributed by atoms with van der Waals surface area (Å²) in [7, 11) is 0. The molecule has 0 aromatic rings. The van der Waals surface area contributed by atoms with E-state index in [1.165, 1.54) is 0 Å². The molecule has 0 aromatic heterocycles. The molecule has 38 heavy (non-hydrogen) atoms. The van der Waals surface area contributed by atoms with Gasteiger partial charge in [0.2, 0.25) is 0 Å². The van der Waals surface area contributed by atoms with Gasteiger partial charge in [-0.2, -0.15) is 0 Å². The Hall–Kier alpha value is -2.29. The first-order valence-corrected chi connectivity index (χ1v) is 13.6. The molecular weight excluding hydrogens is 488 g/mol. The van der Waals surface area contributed by atoms with Gasteiger partial charge in [0.1, 0.15) is 11.7 Å². The van der Waals surface area contributed by atoms with Crippen molar-refractivity contribution in [2.75, 3.05) is 6.61 Å². The van der Waals surface area contributed by atoms with E-state index in [1.807, 2.05) is 20.8 Å². The molecule has 0 amide bonds. The number of carbonyl (C=O) groups excluding carboxylic acids is 3. The molecule has 210 valence electrons. The van der Waals surface area contributed by atoms with E-state index in [9.17, 15) is 29.7 Å². The fourth-order valence-electron chi connectivity index (χ4n) is 7.58. The molecule has 2 saturated carbocycles. The molecule has 0 aliphatic heterocycles. The normalized spacial score (nSPS) is 42.0. The van der Waals surface area contributed by atoms with Crippen LogP contribution < -0.4 is 0 Å². The van der Waals surface area contributed by atoms with Crippen molar-refractivity contribution in [3.05, 3.63) is 34.9 Å². The summed E-state index contributed by atoms with van der Waals surface area (Å²) in [6, 6.07) is 0. The molecule has 9 atom stereocenters. The van der Waals surface area contributed by atoms with Crippen LogP contribution in [0.2, 0.25) is 0 Å². The molecule has 4 aliphatic carbocycles. The number of fused-ring (bicyclic) bond motifs is 5. The van der Waals surface area contributed by atoms with Gasteiger partial charge in [0, 0.05) is 41.1 Å². The highest BCUT2D eigenvalue weighted by atomic mass is 16.6. The second-order valence-electron chi connectivity index (χ2n) is 12.5. The smallest absolute Gasteiger partial charge is 0.333 e. The van der Waals surface area contributed by atoms with Crippen LogP contribution in [-0.4, -0.2) is 62.6 Å². The number of esters is 2. The van der Waals surface area contributed by atoms with Gasteiger partial charge in [0.05, 0.1) is 18.1 Å². The van der Waals surface area contributed by atoms with Crippen LogP contribution in [0.5, 0.6) is 0 Å². The zero-order valence-corrected chi connectivity index (χ0v) is 23.7. The third kappa shape index (κ3) is 3.56. The number of aliphatic hydroxyl groups excluding tert-OH is 1. The van der Waals surface area contributed by atoms with Crippen LogP contribution in [-0.2, 0) is 23.9 Å². The maximum absolute atomic E-state index is 13.3.